The van der Waals surface area contributed by atoms with Crippen LogP contribution in [0.3, 0.4) is 0 Å². The summed E-state index contributed by atoms with van der Waals surface area (Å²) in [5.41, 5.74) is 3.13. The third kappa shape index (κ3) is 2.77. The van der Waals surface area contributed by atoms with E-state index in [9.17, 15) is 10.1 Å². The Morgan fingerprint density at radius 1 is 1.43 bits per heavy atom. The van der Waals surface area contributed by atoms with E-state index in [0.717, 1.165) is 31.6 Å². The van der Waals surface area contributed by atoms with Crippen LogP contribution in [0.5, 0.6) is 0 Å². The number of nitrogens with one attached hydrogen (secondary N) is 1. The van der Waals surface area contributed by atoms with E-state index in [4.69, 9.17) is 0 Å². The highest BCUT2D eigenvalue weighted by molar-refractivity contribution is 7.10. The highest BCUT2D eigenvalue weighted by Crippen LogP contribution is 2.31. The summed E-state index contributed by atoms with van der Waals surface area (Å²) in [6.45, 7) is 2.65. The Morgan fingerprint density at radius 2 is 2.29 bits per heavy atom. The van der Waals surface area contributed by atoms with Gasteiger partial charge in [-0.1, -0.05) is 12.1 Å². The van der Waals surface area contributed by atoms with Gasteiger partial charge < -0.3 is 5.32 Å². The van der Waals surface area contributed by atoms with Crippen LogP contribution in [0.4, 0.5) is 11.4 Å². The number of thiophene rings is 1. The largest absolute Gasteiger partial charge is 0.382 e. The van der Waals surface area contributed by atoms with Crippen molar-refractivity contribution in [1.82, 2.24) is 4.90 Å². The van der Waals surface area contributed by atoms with Crippen molar-refractivity contribution in [2.45, 2.75) is 19.5 Å². The number of fused-ring (bicyclic) bond motifs is 1. The van der Waals surface area contributed by atoms with Gasteiger partial charge in [-0.15, -0.1) is 11.3 Å². The molecule has 1 aromatic heterocycles. The average Bonchev–Trinajstić information content (AvgIpc) is 2.94. The Bertz CT molecular complexity index is 669. The van der Waals surface area contributed by atoms with E-state index < -0.39 is 0 Å². The maximum Gasteiger partial charge on any atom is 0.292 e. The first kappa shape index (κ1) is 14.0. The van der Waals surface area contributed by atoms with Gasteiger partial charge in [0.1, 0.15) is 5.69 Å². The van der Waals surface area contributed by atoms with Crippen LogP contribution in [0.25, 0.3) is 0 Å². The minimum atomic E-state index is -0.331. The predicted octanol–water partition coefficient (Wildman–Crippen LogP) is 3.26. The lowest BCUT2D eigenvalue weighted by molar-refractivity contribution is -0.384. The second kappa shape index (κ2) is 5.83. The van der Waals surface area contributed by atoms with Crippen molar-refractivity contribution in [1.29, 1.82) is 0 Å². The molecule has 5 nitrogen and oxygen atoms in total. The maximum atomic E-state index is 11.1. The van der Waals surface area contributed by atoms with E-state index in [1.165, 1.54) is 10.4 Å². The van der Waals surface area contributed by atoms with Gasteiger partial charge in [-0.05, 0) is 29.0 Å². The van der Waals surface area contributed by atoms with Crippen molar-refractivity contribution in [3.8, 4) is 0 Å². The quantitative estimate of drug-likeness (QED) is 0.696. The summed E-state index contributed by atoms with van der Waals surface area (Å²) in [5.74, 6) is 0. The Labute approximate surface area is 127 Å². The Kier molecular flexibility index (Phi) is 3.90. The first-order valence-electron chi connectivity index (χ1n) is 6.90. The van der Waals surface area contributed by atoms with Crippen molar-refractivity contribution in [2.75, 3.05) is 18.9 Å². The molecule has 2 aromatic rings. The number of hydrogen-bond donors (Lipinski definition) is 1. The Balaban J connectivity index is 1.83. The number of benzene rings is 1. The van der Waals surface area contributed by atoms with Gasteiger partial charge in [0.05, 0.1) is 4.92 Å². The molecule has 1 aliphatic heterocycles. The van der Waals surface area contributed by atoms with Crippen molar-refractivity contribution in [3.05, 3.63) is 55.8 Å². The molecule has 0 atom stereocenters. The molecular weight excluding hydrogens is 286 g/mol. The molecule has 6 heteroatoms. The van der Waals surface area contributed by atoms with E-state index in [2.05, 4.69) is 21.7 Å². The lowest BCUT2D eigenvalue weighted by Crippen LogP contribution is -2.29. The summed E-state index contributed by atoms with van der Waals surface area (Å²) in [5, 5.41) is 16.2. The van der Waals surface area contributed by atoms with Crippen molar-refractivity contribution < 1.29 is 4.92 Å². The number of para-hydroxylation sites is 1. The van der Waals surface area contributed by atoms with Crippen molar-refractivity contribution in [2.24, 2.45) is 0 Å². The zero-order valence-corrected chi connectivity index (χ0v) is 12.7. The monoisotopic (exact) mass is 303 g/mol. The number of nitro benzene ring substituents is 1. The summed E-state index contributed by atoms with van der Waals surface area (Å²) < 4.78 is 0. The standard InChI is InChI=1S/C15H17N3O2S/c1-16-15-12(3-2-4-13(15)18(19)20)10-17-7-5-14-11(9-17)6-8-21-14/h2-4,6,8,16H,5,7,9-10H2,1H3. The van der Waals surface area contributed by atoms with Gasteiger partial charge in [-0.2, -0.15) is 0 Å². The van der Waals surface area contributed by atoms with Gasteiger partial charge >= 0.3 is 0 Å². The first-order valence-corrected chi connectivity index (χ1v) is 7.78. The maximum absolute atomic E-state index is 11.1. The van der Waals surface area contributed by atoms with Crippen LogP contribution in [0, 0.1) is 10.1 Å². The summed E-state index contributed by atoms with van der Waals surface area (Å²) >= 11 is 1.82. The Hall–Kier alpha value is -1.92. The molecule has 0 aliphatic carbocycles. The summed E-state index contributed by atoms with van der Waals surface area (Å²) in [6, 6.07) is 7.44. The van der Waals surface area contributed by atoms with Gasteiger partial charge in [-0.25, -0.2) is 0 Å². The third-order valence-electron chi connectivity index (χ3n) is 3.86. The van der Waals surface area contributed by atoms with E-state index in [1.54, 1.807) is 19.2 Å². The van der Waals surface area contributed by atoms with Crippen LogP contribution in [0.2, 0.25) is 0 Å². The first-order chi connectivity index (χ1) is 10.2. The van der Waals surface area contributed by atoms with Crippen LogP contribution < -0.4 is 5.32 Å². The summed E-state index contributed by atoms with van der Waals surface area (Å²) in [4.78, 5) is 14.6. The van der Waals surface area contributed by atoms with Gasteiger partial charge in [-0.3, -0.25) is 15.0 Å². The van der Waals surface area contributed by atoms with E-state index in [1.807, 2.05) is 17.4 Å². The predicted molar refractivity (Wildman–Crippen MR) is 84.8 cm³/mol. The topological polar surface area (TPSA) is 58.4 Å². The molecular formula is C15H17N3O2S. The van der Waals surface area contributed by atoms with Crippen LogP contribution >= 0.6 is 11.3 Å². The van der Waals surface area contributed by atoms with Gasteiger partial charge in [0, 0.05) is 37.6 Å². The van der Waals surface area contributed by atoms with Crippen LogP contribution in [-0.2, 0) is 19.5 Å². The average molecular weight is 303 g/mol. The van der Waals surface area contributed by atoms with Crippen molar-refractivity contribution >= 4 is 22.7 Å². The lowest BCUT2D eigenvalue weighted by Gasteiger charge is -2.27. The fourth-order valence-corrected chi connectivity index (χ4v) is 3.73. The third-order valence-corrected chi connectivity index (χ3v) is 4.88. The van der Waals surface area contributed by atoms with Gasteiger partial charge in [0.25, 0.3) is 5.69 Å². The molecule has 1 aromatic carbocycles. The molecule has 0 saturated carbocycles. The molecule has 0 saturated heterocycles. The van der Waals surface area contributed by atoms with E-state index in [0.29, 0.717) is 5.69 Å². The molecule has 0 spiro atoms. The molecule has 3 rings (SSSR count). The van der Waals surface area contributed by atoms with Crippen LogP contribution in [0.15, 0.2) is 29.6 Å². The van der Waals surface area contributed by atoms with E-state index in [-0.39, 0.29) is 10.6 Å². The molecule has 21 heavy (non-hydrogen) atoms. The molecule has 0 amide bonds. The smallest absolute Gasteiger partial charge is 0.292 e. The van der Waals surface area contributed by atoms with E-state index >= 15 is 0 Å². The lowest BCUT2D eigenvalue weighted by atomic mass is 10.1. The molecule has 0 fully saturated rings. The van der Waals surface area contributed by atoms with Crippen LogP contribution in [0.1, 0.15) is 16.0 Å². The zero-order valence-electron chi connectivity index (χ0n) is 11.8. The second-order valence-electron chi connectivity index (χ2n) is 5.15. The summed E-state index contributed by atoms with van der Waals surface area (Å²) in [7, 11) is 1.74. The summed E-state index contributed by atoms with van der Waals surface area (Å²) in [6.07, 6.45) is 1.07. The van der Waals surface area contributed by atoms with Crippen molar-refractivity contribution in [3.63, 3.8) is 0 Å². The minimum absolute atomic E-state index is 0.142. The second-order valence-corrected chi connectivity index (χ2v) is 6.15. The van der Waals surface area contributed by atoms with Crippen LogP contribution in [-0.4, -0.2) is 23.4 Å². The fraction of sp³-hybridized carbons (Fsp3) is 0.333. The SMILES string of the molecule is CNc1c(CN2CCc3sccc3C2)cccc1[N+](=O)[O-]. The normalized spacial score (nSPS) is 14.7. The number of rotatable bonds is 4. The number of nitro groups is 1. The highest BCUT2D eigenvalue weighted by Gasteiger charge is 2.21. The van der Waals surface area contributed by atoms with Gasteiger partial charge in [0.15, 0.2) is 0 Å². The number of hydrogen-bond acceptors (Lipinski definition) is 5. The molecule has 0 unspecified atom stereocenters. The number of nitrogens with zero attached hydrogens (tertiary/aromatic N) is 2. The molecule has 0 bridgehead atoms. The van der Waals surface area contributed by atoms with Gasteiger partial charge in [0.2, 0.25) is 0 Å². The molecule has 110 valence electrons. The molecule has 2 heterocycles. The highest BCUT2D eigenvalue weighted by atomic mass is 32.1. The molecule has 1 N–H and O–H groups in total. The zero-order chi connectivity index (χ0) is 14.8. The minimum Gasteiger partial charge on any atom is -0.382 e. The molecule has 0 radical (unpaired) electrons. The Morgan fingerprint density at radius 3 is 3.05 bits per heavy atom. The molecule has 1 aliphatic rings. The fourth-order valence-electron chi connectivity index (χ4n) is 2.84. The number of anilines is 1.